The largest absolute Gasteiger partial charge is 0.478 e. The quantitative estimate of drug-likeness (QED) is 0.875. The SMILES string of the molecule is O=C(O)c1ccc(NCCC2CCCO2)cc1C(F)(F)F. The molecule has 1 heterocycles. The van der Waals surface area contributed by atoms with Gasteiger partial charge < -0.3 is 15.2 Å². The molecule has 1 aliphatic heterocycles. The molecule has 2 N–H and O–H groups in total. The molecule has 0 bridgehead atoms. The molecule has 4 nitrogen and oxygen atoms in total. The van der Waals surface area contributed by atoms with Crippen LogP contribution in [0.15, 0.2) is 18.2 Å². The predicted molar refractivity (Wildman–Crippen MR) is 70.5 cm³/mol. The highest BCUT2D eigenvalue weighted by Gasteiger charge is 2.35. The monoisotopic (exact) mass is 303 g/mol. The number of halogens is 3. The molecule has 0 aromatic heterocycles. The first-order valence-corrected chi connectivity index (χ1v) is 6.68. The number of aromatic carboxylic acids is 1. The third-order valence-corrected chi connectivity index (χ3v) is 3.37. The highest BCUT2D eigenvalue weighted by molar-refractivity contribution is 5.90. The number of carbonyl (C=O) groups is 1. The van der Waals surface area contributed by atoms with Gasteiger partial charge in [-0.05, 0) is 37.5 Å². The first-order valence-electron chi connectivity index (χ1n) is 6.68. The maximum Gasteiger partial charge on any atom is 0.417 e. The van der Waals surface area contributed by atoms with Gasteiger partial charge in [0.1, 0.15) is 0 Å². The standard InChI is InChI=1S/C14H16F3NO3/c15-14(16,17)12-8-9(3-4-11(12)13(19)20)18-6-5-10-2-1-7-21-10/h3-4,8,10,18H,1-2,5-7H2,(H,19,20). The molecule has 0 saturated carbocycles. The fourth-order valence-electron chi connectivity index (χ4n) is 2.32. The third kappa shape index (κ3) is 4.10. The Morgan fingerprint density at radius 2 is 2.19 bits per heavy atom. The van der Waals surface area contributed by atoms with E-state index in [9.17, 15) is 18.0 Å². The van der Waals surface area contributed by atoms with E-state index in [2.05, 4.69) is 5.32 Å². The van der Waals surface area contributed by atoms with E-state index >= 15 is 0 Å². The molecule has 0 spiro atoms. The molecule has 0 amide bonds. The molecule has 116 valence electrons. The number of nitrogens with one attached hydrogen (secondary N) is 1. The van der Waals surface area contributed by atoms with Crippen LogP contribution in [-0.2, 0) is 10.9 Å². The molecule has 7 heteroatoms. The van der Waals surface area contributed by atoms with Gasteiger partial charge in [-0.1, -0.05) is 0 Å². The summed E-state index contributed by atoms with van der Waals surface area (Å²) in [6, 6.07) is 3.15. The van der Waals surface area contributed by atoms with Crippen LogP contribution < -0.4 is 5.32 Å². The first kappa shape index (κ1) is 15.6. The number of ether oxygens (including phenoxy) is 1. The predicted octanol–water partition coefficient (Wildman–Crippen LogP) is 3.38. The van der Waals surface area contributed by atoms with E-state index in [1.807, 2.05) is 0 Å². The summed E-state index contributed by atoms with van der Waals surface area (Å²) in [5.74, 6) is -1.59. The number of rotatable bonds is 5. The van der Waals surface area contributed by atoms with Crippen molar-refractivity contribution in [1.29, 1.82) is 0 Å². The molecular weight excluding hydrogens is 287 g/mol. The van der Waals surface area contributed by atoms with Crippen molar-refractivity contribution in [1.82, 2.24) is 0 Å². The molecule has 1 saturated heterocycles. The van der Waals surface area contributed by atoms with Crippen molar-refractivity contribution < 1.29 is 27.8 Å². The Morgan fingerprint density at radius 3 is 2.76 bits per heavy atom. The normalized spacial score (nSPS) is 18.7. The average molecular weight is 303 g/mol. The van der Waals surface area contributed by atoms with Crippen LogP contribution in [0, 0.1) is 0 Å². The summed E-state index contributed by atoms with van der Waals surface area (Å²) in [7, 11) is 0. The maximum absolute atomic E-state index is 12.8. The first-order chi connectivity index (χ1) is 9.88. The van der Waals surface area contributed by atoms with Crippen LogP contribution in [0.2, 0.25) is 0 Å². The highest BCUT2D eigenvalue weighted by Crippen LogP contribution is 2.34. The Balaban J connectivity index is 2.04. The summed E-state index contributed by atoms with van der Waals surface area (Å²) >= 11 is 0. The lowest BCUT2D eigenvalue weighted by atomic mass is 10.1. The van der Waals surface area contributed by atoms with Gasteiger partial charge in [-0.15, -0.1) is 0 Å². The van der Waals surface area contributed by atoms with Crippen LogP contribution in [0.25, 0.3) is 0 Å². The highest BCUT2D eigenvalue weighted by atomic mass is 19.4. The molecule has 2 rings (SSSR count). The van der Waals surface area contributed by atoms with Crippen LogP contribution >= 0.6 is 0 Å². The van der Waals surface area contributed by atoms with Crippen molar-refractivity contribution in [3.8, 4) is 0 Å². The van der Waals surface area contributed by atoms with E-state index < -0.39 is 23.3 Å². The summed E-state index contributed by atoms with van der Waals surface area (Å²) < 4.78 is 44.0. The third-order valence-electron chi connectivity index (χ3n) is 3.37. The van der Waals surface area contributed by atoms with E-state index in [1.165, 1.54) is 6.07 Å². The molecular formula is C14H16F3NO3. The molecule has 1 aromatic carbocycles. The zero-order valence-electron chi connectivity index (χ0n) is 11.2. The van der Waals surface area contributed by atoms with E-state index in [-0.39, 0.29) is 11.8 Å². The van der Waals surface area contributed by atoms with Crippen molar-refractivity contribution in [2.75, 3.05) is 18.5 Å². The molecule has 1 atom stereocenters. The molecule has 1 unspecified atom stereocenters. The van der Waals surface area contributed by atoms with Crippen molar-refractivity contribution in [2.24, 2.45) is 0 Å². The Bertz CT molecular complexity index is 511. The average Bonchev–Trinajstić information content (AvgIpc) is 2.90. The van der Waals surface area contributed by atoms with Gasteiger partial charge in [0.05, 0.1) is 17.2 Å². The van der Waals surface area contributed by atoms with Crippen LogP contribution in [0.4, 0.5) is 18.9 Å². The van der Waals surface area contributed by atoms with Crippen LogP contribution in [0.1, 0.15) is 35.2 Å². The van der Waals surface area contributed by atoms with Crippen LogP contribution in [-0.4, -0.2) is 30.3 Å². The summed E-state index contributed by atoms with van der Waals surface area (Å²) in [4.78, 5) is 10.8. The topological polar surface area (TPSA) is 58.6 Å². The van der Waals surface area contributed by atoms with E-state index in [1.54, 1.807) is 0 Å². The molecule has 1 aromatic rings. The second-order valence-corrected chi connectivity index (χ2v) is 4.91. The number of hydrogen-bond acceptors (Lipinski definition) is 3. The lowest BCUT2D eigenvalue weighted by Gasteiger charge is -2.14. The zero-order valence-corrected chi connectivity index (χ0v) is 11.2. The molecule has 1 fully saturated rings. The number of hydrogen-bond donors (Lipinski definition) is 2. The number of benzene rings is 1. The summed E-state index contributed by atoms with van der Waals surface area (Å²) in [5, 5.41) is 11.7. The Labute approximate surface area is 119 Å². The number of alkyl halides is 3. The maximum atomic E-state index is 12.8. The van der Waals surface area contributed by atoms with Crippen molar-refractivity contribution in [2.45, 2.75) is 31.5 Å². The van der Waals surface area contributed by atoms with Gasteiger partial charge in [0.15, 0.2) is 0 Å². The van der Waals surface area contributed by atoms with Crippen molar-refractivity contribution in [3.63, 3.8) is 0 Å². The van der Waals surface area contributed by atoms with Gasteiger partial charge in [0.25, 0.3) is 0 Å². The molecule has 21 heavy (non-hydrogen) atoms. The Morgan fingerprint density at radius 1 is 1.43 bits per heavy atom. The number of anilines is 1. The van der Waals surface area contributed by atoms with E-state index in [0.29, 0.717) is 13.0 Å². The van der Waals surface area contributed by atoms with E-state index in [0.717, 1.165) is 31.6 Å². The summed E-state index contributed by atoms with van der Waals surface area (Å²) in [6.45, 7) is 1.21. The van der Waals surface area contributed by atoms with Gasteiger partial charge in [0.2, 0.25) is 0 Å². The second kappa shape index (κ2) is 6.34. The lowest BCUT2D eigenvalue weighted by molar-refractivity contribution is -0.138. The van der Waals surface area contributed by atoms with Gasteiger partial charge >= 0.3 is 12.1 Å². The Kier molecular flexibility index (Phi) is 4.72. The van der Waals surface area contributed by atoms with Gasteiger partial charge in [0, 0.05) is 18.8 Å². The minimum Gasteiger partial charge on any atom is -0.478 e. The fraction of sp³-hybridized carbons (Fsp3) is 0.500. The van der Waals surface area contributed by atoms with Gasteiger partial charge in [-0.2, -0.15) is 13.2 Å². The van der Waals surface area contributed by atoms with Crippen LogP contribution in [0.5, 0.6) is 0 Å². The zero-order chi connectivity index (χ0) is 15.5. The fourth-order valence-corrected chi connectivity index (χ4v) is 2.32. The van der Waals surface area contributed by atoms with Crippen molar-refractivity contribution in [3.05, 3.63) is 29.3 Å². The minimum absolute atomic E-state index is 0.151. The van der Waals surface area contributed by atoms with Gasteiger partial charge in [-0.3, -0.25) is 0 Å². The number of carboxylic acid groups (broad SMARTS) is 1. The molecule has 0 aliphatic carbocycles. The lowest BCUT2D eigenvalue weighted by Crippen LogP contribution is -2.15. The molecule has 0 radical (unpaired) electrons. The van der Waals surface area contributed by atoms with Crippen molar-refractivity contribution >= 4 is 11.7 Å². The smallest absolute Gasteiger partial charge is 0.417 e. The molecule has 1 aliphatic rings. The second-order valence-electron chi connectivity index (χ2n) is 4.91. The van der Waals surface area contributed by atoms with Crippen LogP contribution in [0.3, 0.4) is 0 Å². The number of carboxylic acids is 1. The summed E-state index contributed by atoms with van der Waals surface area (Å²) in [5.41, 5.74) is -1.63. The Hall–Kier alpha value is -1.76. The minimum atomic E-state index is -4.69. The van der Waals surface area contributed by atoms with E-state index in [4.69, 9.17) is 9.84 Å². The summed E-state index contributed by atoms with van der Waals surface area (Å²) in [6.07, 6.45) is -1.86. The van der Waals surface area contributed by atoms with Gasteiger partial charge in [-0.25, -0.2) is 4.79 Å².